The van der Waals surface area contributed by atoms with Crippen LogP contribution in [0, 0.1) is 0 Å². The minimum absolute atomic E-state index is 0.530. The zero-order chi connectivity index (χ0) is 47.4. The van der Waals surface area contributed by atoms with Gasteiger partial charge in [0, 0.05) is 58.4 Å². The molecule has 0 saturated heterocycles. The molecule has 336 valence electrons. The number of benzene rings is 10. The number of aromatic nitrogens is 4. The lowest BCUT2D eigenvalue weighted by Gasteiger charge is -2.15. The van der Waals surface area contributed by atoms with Crippen LogP contribution < -0.4 is 0 Å². The molecule has 4 heterocycles. The summed E-state index contributed by atoms with van der Waals surface area (Å²) in [7, 11) is 0. The Morgan fingerprint density at radius 3 is 1.70 bits per heavy atom. The van der Waals surface area contributed by atoms with Crippen molar-refractivity contribution in [1.82, 2.24) is 19.5 Å². The molecule has 14 rings (SSSR count). The van der Waals surface area contributed by atoms with Crippen molar-refractivity contribution in [2.24, 2.45) is 0 Å². The van der Waals surface area contributed by atoms with Crippen molar-refractivity contribution in [2.45, 2.75) is 13.8 Å². The molecule has 0 fully saturated rings. The number of para-hydroxylation sites is 2. The van der Waals surface area contributed by atoms with Crippen LogP contribution in [0.1, 0.15) is 13.8 Å². The third-order valence-electron chi connectivity index (χ3n) is 13.5. The van der Waals surface area contributed by atoms with Gasteiger partial charge >= 0.3 is 0 Å². The van der Waals surface area contributed by atoms with E-state index in [0.717, 1.165) is 88.3 Å². The highest BCUT2D eigenvalue weighted by molar-refractivity contribution is 7.26. The quantitative estimate of drug-likeness (QED) is 0.160. The first-order valence-corrected chi connectivity index (χ1v) is 25.0. The van der Waals surface area contributed by atoms with E-state index < -0.39 is 0 Å². The van der Waals surface area contributed by atoms with Gasteiger partial charge in [-0.1, -0.05) is 190 Å². The van der Waals surface area contributed by atoms with Crippen LogP contribution in [-0.4, -0.2) is 19.5 Å². The Morgan fingerprint density at radius 1 is 0.352 bits per heavy atom. The molecule has 0 radical (unpaired) electrons. The molecule has 0 aliphatic carbocycles. The minimum atomic E-state index is 0.530. The van der Waals surface area contributed by atoms with Crippen molar-refractivity contribution in [3.05, 3.63) is 231 Å². The number of furan rings is 1. The minimum Gasteiger partial charge on any atom is -0.456 e. The molecular weight excluding hydrogens is 885 g/mol. The lowest BCUT2D eigenvalue weighted by Crippen LogP contribution is -2.07. The van der Waals surface area contributed by atoms with Crippen LogP contribution in [-0.2, 0) is 0 Å². The first kappa shape index (κ1) is 42.2. The lowest BCUT2D eigenvalue weighted by atomic mass is 9.93. The second-order valence-electron chi connectivity index (χ2n) is 17.5. The van der Waals surface area contributed by atoms with E-state index in [1.807, 2.05) is 61.6 Å². The predicted molar refractivity (Wildman–Crippen MR) is 298 cm³/mol. The van der Waals surface area contributed by atoms with Crippen molar-refractivity contribution in [2.75, 3.05) is 0 Å². The van der Waals surface area contributed by atoms with Crippen molar-refractivity contribution >= 4 is 75.3 Å². The Kier molecular flexibility index (Phi) is 10.4. The maximum atomic E-state index is 6.38. The molecule has 0 saturated carbocycles. The van der Waals surface area contributed by atoms with Crippen molar-refractivity contribution in [3.63, 3.8) is 0 Å². The Balaban J connectivity index is 0.00000243. The smallest absolute Gasteiger partial charge is 0.238 e. The topological polar surface area (TPSA) is 56.7 Å². The fourth-order valence-corrected chi connectivity index (χ4v) is 11.4. The molecule has 71 heavy (non-hydrogen) atoms. The molecule has 0 spiro atoms. The highest BCUT2D eigenvalue weighted by atomic mass is 32.1. The normalized spacial score (nSPS) is 11.5. The van der Waals surface area contributed by atoms with E-state index in [9.17, 15) is 0 Å². The maximum Gasteiger partial charge on any atom is 0.238 e. The Morgan fingerprint density at radius 2 is 0.930 bits per heavy atom. The summed E-state index contributed by atoms with van der Waals surface area (Å²) >= 11 is 1.87. The van der Waals surface area contributed by atoms with E-state index in [0.29, 0.717) is 17.6 Å². The van der Waals surface area contributed by atoms with Crippen LogP contribution in [0.3, 0.4) is 0 Å². The maximum absolute atomic E-state index is 6.38. The summed E-state index contributed by atoms with van der Waals surface area (Å²) in [5.41, 5.74) is 14.6. The average molecular weight is 929 g/mol. The van der Waals surface area contributed by atoms with Crippen LogP contribution in [0.15, 0.2) is 235 Å². The van der Waals surface area contributed by atoms with Crippen LogP contribution >= 0.6 is 11.3 Å². The summed E-state index contributed by atoms with van der Waals surface area (Å²) in [6.07, 6.45) is 0. The van der Waals surface area contributed by atoms with E-state index in [1.165, 1.54) is 31.3 Å². The van der Waals surface area contributed by atoms with Crippen LogP contribution in [0.2, 0.25) is 0 Å². The van der Waals surface area contributed by atoms with Gasteiger partial charge in [0.25, 0.3) is 0 Å². The van der Waals surface area contributed by atoms with E-state index in [-0.39, 0.29) is 0 Å². The number of hydrogen-bond acceptors (Lipinski definition) is 5. The van der Waals surface area contributed by atoms with E-state index in [2.05, 4.69) is 199 Å². The molecular formula is C65H44N4OS. The number of thiophene rings is 1. The number of rotatable bonds is 7. The molecule has 4 aromatic heterocycles. The second kappa shape index (κ2) is 17.5. The van der Waals surface area contributed by atoms with Gasteiger partial charge in [-0.2, -0.15) is 9.97 Å². The fraction of sp³-hybridized carbons (Fsp3) is 0.0308. The molecule has 0 amide bonds. The molecule has 10 aromatic carbocycles. The van der Waals surface area contributed by atoms with Crippen molar-refractivity contribution in [1.29, 1.82) is 0 Å². The molecule has 0 atom stereocenters. The SMILES string of the molecule is CC.c1ccc(-c2cc(-c3cccc(-c4cccc(-c5cccc6c5sc5ccccc56)c4)c3)c3c(c2)c2ccccc2n3-c2nc(-c3ccccc3)nc(-c3ccc4c(c3)oc3ccccc34)n2)cc1. The van der Waals surface area contributed by atoms with Crippen molar-refractivity contribution in [3.8, 4) is 73.2 Å². The largest absolute Gasteiger partial charge is 0.456 e. The summed E-state index contributed by atoms with van der Waals surface area (Å²) in [6.45, 7) is 4.00. The third kappa shape index (κ3) is 7.27. The average Bonchev–Trinajstić information content (AvgIpc) is 4.13. The Hall–Kier alpha value is -8.97. The van der Waals surface area contributed by atoms with Gasteiger partial charge in [-0.05, 0) is 93.5 Å². The number of hydrogen-bond donors (Lipinski definition) is 0. The molecule has 0 bridgehead atoms. The van der Waals surface area contributed by atoms with Crippen LogP contribution in [0.25, 0.3) is 137 Å². The van der Waals surface area contributed by atoms with Gasteiger partial charge in [-0.15, -0.1) is 11.3 Å². The van der Waals surface area contributed by atoms with Gasteiger partial charge in [0.15, 0.2) is 11.6 Å². The van der Waals surface area contributed by atoms with E-state index in [4.69, 9.17) is 19.4 Å². The van der Waals surface area contributed by atoms with Gasteiger partial charge in [0.2, 0.25) is 5.95 Å². The standard InChI is InChI=1S/C63H38N4OS.C2H6/c1-3-16-39(17-4-1)46-36-53(44-23-14-21-42(35-44)41-20-13-22-43(34-41)47-27-15-28-52-51-26-9-12-31-58(51)69-60(47)52)59-54(37-46)48-24-7-10-29-55(48)67(59)63-65-61(40-18-5-2-6-19-40)64-62(66-63)45-32-33-50-49-25-8-11-30-56(49)68-57(50)38-45;1-2/h1-38H;1-2H3. The predicted octanol–water partition coefficient (Wildman–Crippen LogP) is 18.3. The highest BCUT2D eigenvalue weighted by Crippen LogP contribution is 2.44. The monoisotopic (exact) mass is 928 g/mol. The van der Waals surface area contributed by atoms with Gasteiger partial charge in [-0.3, -0.25) is 4.57 Å². The van der Waals surface area contributed by atoms with E-state index in [1.54, 1.807) is 0 Å². The van der Waals surface area contributed by atoms with Crippen molar-refractivity contribution < 1.29 is 4.42 Å². The second-order valence-corrected chi connectivity index (χ2v) is 18.6. The molecule has 5 nitrogen and oxygen atoms in total. The Labute approximate surface area is 414 Å². The summed E-state index contributed by atoms with van der Waals surface area (Å²) in [5, 5.41) is 6.95. The zero-order valence-corrected chi connectivity index (χ0v) is 39.9. The third-order valence-corrected chi connectivity index (χ3v) is 14.7. The Bertz CT molecular complexity index is 4320. The summed E-state index contributed by atoms with van der Waals surface area (Å²) in [4.78, 5) is 15.9. The zero-order valence-electron chi connectivity index (χ0n) is 39.0. The molecule has 0 N–H and O–H groups in total. The summed E-state index contributed by atoms with van der Waals surface area (Å²) < 4.78 is 11.2. The number of nitrogens with zero attached hydrogens (tertiary/aromatic N) is 4. The van der Waals surface area contributed by atoms with E-state index >= 15 is 0 Å². The summed E-state index contributed by atoms with van der Waals surface area (Å²) in [5.74, 6) is 1.67. The molecule has 0 unspecified atom stereocenters. The first-order valence-electron chi connectivity index (χ1n) is 24.2. The van der Waals surface area contributed by atoms with Gasteiger partial charge in [0.05, 0.1) is 11.0 Å². The number of fused-ring (bicyclic) bond motifs is 9. The fourth-order valence-electron chi connectivity index (χ4n) is 10.2. The van der Waals surface area contributed by atoms with Gasteiger partial charge in [-0.25, -0.2) is 4.98 Å². The van der Waals surface area contributed by atoms with Gasteiger partial charge < -0.3 is 4.42 Å². The summed E-state index contributed by atoms with van der Waals surface area (Å²) in [6, 6.07) is 81.8. The lowest BCUT2D eigenvalue weighted by molar-refractivity contribution is 0.669. The first-order chi connectivity index (χ1) is 35.2. The van der Waals surface area contributed by atoms with Gasteiger partial charge in [0.1, 0.15) is 11.2 Å². The molecule has 0 aliphatic heterocycles. The molecule has 14 aromatic rings. The highest BCUT2D eigenvalue weighted by Gasteiger charge is 2.23. The molecule has 0 aliphatic rings. The van der Waals surface area contributed by atoms with Crippen LogP contribution in [0.5, 0.6) is 0 Å². The molecule has 6 heteroatoms. The van der Waals surface area contributed by atoms with Crippen LogP contribution in [0.4, 0.5) is 0 Å².